The van der Waals surface area contributed by atoms with Crippen LogP contribution >= 0.6 is 0 Å². The molecule has 0 saturated carbocycles. The molecule has 2 aromatic carbocycles. The standard InChI is InChI=1S/C22H22N6O2/c1-25-20-15(14-23-25)6-5-9-18(20)27-10-12-28(13-11-27)22(30)19-16-7-3-4-8-17(16)21(29)26(2)24-19/h3-9,14H,10-13H2,1-2H3. The molecule has 3 heterocycles. The van der Waals surface area contributed by atoms with E-state index in [9.17, 15) is 9.59 Å². The Morgan fingerprint density at radius 1 is 0.900 bits per heavy atom. The summed E-state index contributed by atoms with van der Waals surface area (Å²) in [6, 6.07) is 13.4. The number of nitrogens with zero attached hydrogens (tertiary/aromatic N) is 6. The summed E-state index contributed by atoms with van der Waals surface area (Å²) in [5.74, 6) is -0.139. The summed E-state index contributed by atoms with van der Waals surface area (Å²) < 4.78 is 3.14. The van der Waals surface area contributed by atoms with Crippen LogP contribution in [0.25, 0.3) is 21.7 Å². The molecular formula is C22H22N6O2. The van der Waals surface area contributed by atoms with Crippen molar-refractivity contribution in [2.75, 3.05) is 31.1 Å². The molecule has 152 valence electrons. The molecule has 0 atom stereocenters. The van der Waals surface area contributed by atoms with Crippen molar-refractivity contribution in [3.8, 4) is 0 Å². The average Bonchev–Trinajstić information content (AvgIpc) is 3.17. The number of hydrogen-bond acceptors (Lipinski definition) is 5. The first-order valence-electron chi connectivity index (χ1n) is 9.95. The number of rotatable bonds is 2. The van der Waals surface area contributed by atoms with Crippen LogP contribution in [0.3, 0.4) is 0 Å². The normalized spacial score (nSPS) is 14.6. The Kier molecular flexibility index (Phi) is 4.27. The van der Waals surface area contributed by atoms with E-state index < -0.39 is 0 Å². The predicted molar refractivity (Wildman–Crippen MR) is 116 cm³/mol. The van der Waals surface area contributed by atoms with Gasteiger partial charge in [0.15, 0.2) is 5.69 Å². The van der Waals surface area contributed by atoms with Gasteiger partial charge in [0.1, 0.15) is 0 Å². The Bertz CT molecular complexity index is 1330. The van der Waals surface area contributed by atoms with E-state index in [1.165, 1.54) is 4.68 Å². The van der Waals surface area contributed by atoms with Crippen LogP contribution in [0.4, 0.5) is 5.69 Å². The average molecular weight is 402 g/mol. The number of carbonyl (C=O) groups excluding carboxylic acids is 1. The van der Waals surface area contributed by atoms with Crippen LogP contribution in [0.5, 0.6) is 0 Å². The number of aryl methyl sites for hydroxylation is 2. The van der Waals surface area contributed by atoms with Gasteiger partial charge < -0.3 is 9.80 Å². The van der Waals surface area contributed by atoms with Gasteiger partial charge in [-0.3, -0.25) is 14.3 Å². The van der Waals surface area contributed by atoms with Crippen molar-refractivity contribution in [2.45, 2.75) is 0 Å². The third-order valence-corrected chi connectivity index (χ3v) is 5.81. The molecule has 0 unspecified atom stereocenters. The highest BCUT2D eigenvalue weighted by molar-refractivity contribution is 6.05. The van der Waals surface area contributed by atoms with E-state index in [4.69, 9.17) is 0 Å². The number of hydrogen-bond donors (Lipinski definition) is 0. The first-order valence-corrected chi connectivity index (χ1v) is 9.95. The third kappa shape index (κ3) is 2.83. The molecule has 1 saturated heterocycles. The van der Waals surface area contributed by atoms with Crippen molar-refractivity contribution >= 4 is 33.3 Å². The molecule has 0 bridgehead atoms. The summed E-state index contributed by atoms with van der Waals surface area (Å²) in [5.41, 5.74) is 2.36. The maximum absolute atomic E-state index is 13.3. The molecule has 0 N–H and O–H groups in total. The van der Waals surface area contributed by atoms with Gasteiger partial charge in [0.25, 0.3) is 11.5 Å². The highest BCUT2D eigenvalue weighted by atomic mass is 16.2. The minimum absolute atomic E-state index is 0.139. The fraction of sp³-hybridized carbons (Fsp3) is 0.273. The number of fused-ring (bicyclic) bond motifs is 2. The van der Waals surface area contributed by atoms with Crippen molar-refractivity contribution in [3.63, 3.8) is 0 Å². The van der Waals surface area contributed by atoms with Crippen LogP contribution in [-0.4, -0.2) is 56.5 Å². The molecule has 1 fully saturated rings. The van der Waals surface area contributed by atoms with Gasteiger partial charge in [-0.15, -0.1) is 0 Å². The van der Waals surface area contributed by atoms with Crippen LogP contribution in [-0.2, 0) is 14.1 Å². The van der Waals surface area contributed by atoms with E-state index in [0.29, 0.717) is 29.6 Å². The van der Waals surface area contributed by atoms with Gasteiger partial charge in [-0.05, 0) is 12.1 Å². The second-order valence-electron chi connectivity index (χ2n) is 7.59. The fourth-order valence-electron chi connectivity index (χ4n) is 4.23. The molecule has 5 rings (SSSR count). The lowest BCUT2D eigenvalue weighted by atomic mass is 10.1. The number of carbonyl (C=O) groups is 1. The quantitative estimate of drug-likeness (QED) is 0.511. The summed E-state index contributed by atoms with van der Waals surface area (Å²) in [6.45, 7) is 2.62. The summed E-state index contributed by atoms with van der Waals surface area (Å²) in [4.78, 5) is 29.7. The zero-order valence-electron chi connectivity index (χ0n) is 16.9. The van der Waals surface area contributed by atoms with Gasteiger partial charge in [-0.1, -0.05) is 30.3 Å². The lowest BCUT2D eigenvalue weighted by molar-refractivity contribution is 0.0740. The largest absolute Gasteiger partial charge is 0.366 e. The lowest BCUT2D eigenvalue weighted by Gasteiger charge is -2.36. The lowest BCUT2D eigenvalue weighted by Crippen LogP contribution is -2.49. The molecule has 1 aliphatic heterocycles. The molecule has 4 aromatic rings. The SMILES string of the molecule is Cn1nc(C(=O)N2CCN(c3cccc4cnn(C)c34)CC2)c2ccccc2c1=O. The van der Waals surface area contributed by atoms with Crippen molar-refractivity contribution in [2.24, 2.45) is 14.1 Å². The van der Waals surface area contributed by atoms with E-state index in [1.807, 2.05) is 35.0 Å². The Morgan fingerprint density at radius 3 is 2.40 bits per heavy atom. The van der Waals surface area contributed by atoms with E-state index >= 15 is 0 Å². The van der Waals surface area contributed by atoms with Gasteiger partial charge in [0.05, 0.1) is 22.8 Å². The zero-order valence-corrected chi connectivity index (χ0v) is 16.9. The zero-order chi connectivity index (χ0) is 20.8. The first-order chi connectivity index (χ1) is 14.5. The van der Waals surface area contributed by atoms with Gasteiger partial charge >= 0.3 is 0 Å². The molecule has 2 aromatic heterocycles. The molecule has 30 heavy (non-hydrogen) atoms. The van der Waals surface area contributed by atoms with Crippen LogP contribution in [0.15, 0.2) is 53.5 Å². The first kappa shape index (κ1) is 18.4. The van der Waals surface area contributed by atoms with Crippen molar-refractivity contribution in [1.29, 1.82) is 0 Å². The topological polar surface area (TPSA) is 76.3 Å². The Hall–Kier alpha value is -3.68. The Labute approximate surface area is 172 Å². The smallest absolute Gasteiger partial charge is 0.275 e. The second kappa shape index (κ2) is 6.98. The molecule has 1 amide bonds. The van der Waals surface area contributed by atoms with Gasteiger partial charge in [-0.25, -0.2) is 4.68 Å². The van der Waals surface area contributed by atoms with Gasteiger partial charge in [-0.2, -0.15) is 10.2 Å². The number of anilines is 1. The second-order valence-corrected chi connectivity index (χ2v) is 7.59. The van der Waals surface area contributed by atoms with Crippen molar-refractivity contribution in [1.82, 2.24) is 24.5 Å². The molecule has 1 aliphatic rings. The van der Waals surface area contributed by atoms with Crippen LogP contribution in [0.1, 0.15) is 10.5 Å². The van der Waals surface area contributed by atoms with E-state index in [2.05, 4.69) is 27.2 Å². The number of benzene rings is 2. The highest BCUT2D eigenvalue weighted by Gasteiger charge is 2.26. The maximum Gasteiger partial charge on any atom is 0.275 e. The molecule has 0 radical (unpaired) electrons. The fourth-order valence-corrected chi connectivity index (χ4v) is 4.23. The van der Waals surface area contributed by atoms with Crippen molar-refractivity contribution < 1.29 is 4.79 Å². The van der Waals surface area contributed by atoms with Gasteiger partial charge in [0.2, 0.25) is 0 Å². The highest BCUT2D eigenvalue weighted by Crippen LogP contribution is 2.27. The molecule has 0 aliphatic carbocycles. The van der Waals surface area contributed by atoms with E-state index in [1.54, 1.807) is 25.2 Å². The summed E-state index contributed by atoms with van der Waals surface area (Å²) in [5, 5.41) is 10.9. The minimum Gasteiger partial charge on any atom is -0.366 e. The monoisotopic (exact) mass is 402 g/mol. The Morgan fingerprint density at radius 2 is 1.63 bits per heavy atom. The van der Waals surface area contributed by atoms with Crippen molar-refractivity contribution in [3.05, 3.63) is 64.7 Å². The number of piperazine rings is 1. The summed E-state index contributed by atoms with van der Waals surface area (Å²) >= 11 is 0. The number of amides is 1. The summed E-state index contributed by atoms with van der Waals surface area (Å²) in [7, 11) is 3.53. The third-order valence-electron chi connectivity index (χ3n) is 5.81. The molecule has 8 nitrogen and oxygen atoms in total. The molecule has 0 spiro atoms. The molecular weight excluding hydrogens is 380 g/mol. The van der Waals surface area contributed by atoms with Crippen LogP contribution in [0.2, 0.25) is 0 Å². The van der Waals surface area contributed by atoms with Crippen LogP contribution in [0, 0.1) is 0 Å². The minimum atomic E-state index is -0.198. The molecule has 8 heteroatoms. The predicted octanol–water partition coefficient (Wildman–Crippen LogP) is 1.78. The van der Waals surface area contributed by atoms with Crippen LogP contribution < -0.4 is 10.5 Å². The summed E-state index contributed by atoms with van der Waals surface area (Å²) in [6.07, 6.45) is 1.87. The Balaban J connectivity index is 1.42. The maximum atomic E-state index is 13.3. The van der Waals surface area contributed by atoms with Gasteiger partial charge in [0, 0.05) is 51.0 Å². The van der Waals surface area contributed by atoms with E-state index in [-0.39, 0.29) is 11.5 Å². The van der Waals surface area contributed by atoms with E-state index in [0.717, 1.165) is 29.7 Å². The number of aromatic nitrogens is 4. The number of para-hydroxylation sites is 1.